The lowest BCUT2D eigenvalue weighted by atomic mass is 10.1. The number of hydrogen-bond acceptors (Lipinski definition) is 3. The zero-order valence-corrected chi connectivity index (χ0v) is 8.56. The average molecular weight is 210 g/mol. The Hall–Kier alpha value is -1.00. The standard InChI is InChI=1S/C11H15FN2O/c12-11-5-9(1-3-13-11)6-14-4-2-10(7-14)8-15/h1,3,5,10,15H,2,4,6-8H2. The van der Waals surface area contributed by atoms with Crippen molar-refractivity contribution in [3.05, 3.63) is 29.8 Å². The number of nitrogens with zero attached hydrogens (tertiary/aromatic N) is 2. The van der Waals surface area contributed by atoms with E-state index < -0.39 is 5.95 Å². The molecule has 0 bridgehead atoms. The molecule has 4 heteroatoms. The summed E-state index contributed by atoms with van der Waals surface area (Å²) in [6.07, 6.45) is 2.52. The molecule has 1 aliphatic rings. The number of pyridine rings is 1. The number of rotatable bonds is 3. The Bertz CT molecular complexity index is 332. The highest BCUT2D eigenvalue weighted by molar-refractivity contribution is 5.10. The smallest absolute Gasteiger partial charge is 0.213 e. The zero-order valence-electron chi connectivity index (χ0n) is 8.56. The van der Waals surface area contributed by atoms with Gasteiger partial charge in [0.05, 0.1) is 0 Å². The summed E-state index contributed by atoms with van der Waals surface area (Å²) in [5.74, 6) is -0.0397. The van der Waals surface area contributed by atoms with Gasteiger partial charge in [-0.15, -0.1) is 0 Å². The van der Waals surface area contributed by atoms with Crippen LogP contribution in [0.4, 0.5) is 4.39 Å². The van der Waals surface area contributed by atoms with Crippen LogP contribution in [0.5, 0.6) is 0 Å². The molecule has 1 unspecified atom stereocenters. The summed E-state index contributed by atoms with van der Waals surface area (Å²) in [5, 5.41) is 9.00. The molecular weight excluding hydrogens is 195 g/mol. The number of hydrogen-bond donors (Lipinski definition) is 1. The average Bonchev–Trinajstić information content (AvgIpc) is 2.65. The number of aromatic nitrogens is 1. The summed E-state index contributed by atoms with van der Waals surface area (Å²) < 4.78 is 12.8. The highest BCUT2D eigenvalue weighted by Crippen LogP contribution is 2.17. The van der Waals surface area contributed by atoms with Crippen LogP contribution in [0.15, 0.2) is 18.3 Å². The molecule has 0 aromatic carbocycles. The molecule has 1 aliphatic heterocycles. The number of aliphatic hydroxyl groups excluding tert-OH is 1. The molecule has 1 fully saturated rings. The first-order chi connectivity index (χ1) is 7.28. The first-order valence-corrected chi connectivity index (χ1v) is 5.21. The van der Waals surface area contributed by atoms with Gasteiger partial charge in [-0.2, -0.15) is 4.39 Å². The van der Waals surface area contributed by atoms with E-state index in [0.717, 1.165) is 31.6 Å². The van der Waals surface area contributed by atoms with Gasteiger partial charge in [0.2, 0.25) is 5.95 Å². The lowest BCUT2D eigenvalue weighted by Gasteiger charge is -2.15. The third-order valence-electron chi connectivity index (χ3n) is 2.83. The molecule has 1 saturated heterocycles. The van der Waals surface area contributed by atoms with E-state index in [1.807, 2.05) is 6.07 Å². The molecular formula is C11H15FN2O. The van der Waals surface area contributed by atoms with Crippen LogP contribution in [0.25, 0.3) is 0 Å². The Morgan fingerprint density at radius 2 is 2.47 bits per heavy atom. The van der Waals surface area contributed by atoms with E-state index in [0.29, 0.717) is 5.92 Å². The summed E-state index contributed by atoms with van der Waals surface area (Å²) in [6.45, 7) is 2.88. The summed E-state index contributed by atoms with van der Waals surface area (Å²) in [7, 11) is 0. The summed E-state index contributed by atoms with van der Waals surface area (Å²) >= 11 is 0. The number of halogens is 1. The van der Waals surface area contributed by atoms with Gasteiger partial charge >= 0.3 is 0 Å². The van der Waals surface area contributed by atoms with Gasteiger partial charge in [0.1, 0.15) is 0 Å². The van der Waals surface area contributed by atoms with Gasteiger partial charge in [0.15, 0.2) is 0 Å². The topological polar surface area (TPSA) is 36.4 Å². The monoisotopic (exact) mass is 210 g/mol. The van der Waals surface area contributed by atoms with Crippen molar-refractivity contribution in [3.8, 4) is 0 Å². The third kappa shape index (κ3) is 2.73. The van der Waals surface area contributed by atoms with Gasteiger partial charge in [-0.05, 0) is 36.6 Å². The number of likely N-dealkylation sites (tertiary alicyclic amines) is 1. The quantitative estimate of drug-likeness (QED) is 0.757. The largest absolute Gasteiger partial charge is 0.396 e. The number of aliphatic hydroxyl groups is 1. The van der Waals surface area contributed by atoms with Gasteiger partial charge in [-0.1, -0.05) is 0 Å². The Morgan fingerprint density at radius 1 is 1.60 bits per heavy atom. The predicted molar refractivity (Wildman–Crippen MR) is 54.7 cm³/mol. The minimum atomic E-state index is -0.426. The van der Waals surface area contributed by atoms with Crippen LogP contribution in [-0.2, 0) is 6.54 Å². The van der Waals surface area contributed by atoms with Crippen LogP contribution in [-0.4, -0.2) is 34.7 Å². The van der Waals surface area contributed by atoms with Gasteiger partial charge in [-0.3, -0.25) is 4.90 Å². The van der Waals surface area contributed by atoms with Crippen molar-refractivity contribution in [3.63, 3.8) is 0 Å². The second-order valence-electron chi connectivity index (χ2n) is 4.06. The van der Waals surface area contributed by atoms with Gasteiger partial charge in [0, 0.05) is 25.9 Å². The first-order valence-electron chi connectivity index (χ1n) is 5.21. The van der Waals surface area contributed by atoms with Crippen molar-refractivity contribution >= 4 is 0 Å². The van der Waals surface area contributed by atoms with E-state index in [2.05, 4.69) is 9.88 Å². The molecule has 0 spiro atoms. The van der Waals surface area contributed by atoms with Crippen molar-refractivity contribution < 1.29 is 9.50 Å². The summed E-state index contributed by atoms with van der Waals surface area (Å²) in [6, 6.07) is 3.29. The van der Waals surface area contributed by atoms with Gasteiger partial charge < -0.3 is 5.11 Å². The van der Waals surface area contributed by atoms with E-state index >= 15 is 0 Å². The molecule has 1 N–H and O–H groups in total. The van der Waals surface area contributed by atoms with Crippen LogP contribution < -0.4 is 0 Å². The van der Waals surface area contributed by atoms with Crippen LogP contribution in [0.1, 0.15) is 12.0 Å². The van der Waals surface area contributed by atoms with Crippen molar-refractivity contribution in [1.29, 1.82) is 0 Å². The van der Waals surface area contributed by atoms with Crippen LogP contribution in [0, 0.1) is 11.9 Å². The summed E-state index contributed by atoms with van der Waals surface area (Å²) in [5.41, 5.74) is 0.945. The van der Waals surface area contributed by atoms with Crippen LogP contribution >= 0.6 is 0 Å². The third-order valence-corrected chi connectivity index (χ3v) is 2.83. The molecule has 2 heterocycles. The van der Waals surface area contributed by atoms with Crippen molar-refractivity contribution in [1.82, 2.24) is 9.88 Å². The molecule has 2 rings (SSSR count). The molecule has 0 aliphatic carbocycles. The maximum absolute atomic E-state index is 12.8. The van der Waals surface area contributed by atoms with Crippen molar-refractivity contribution in [2.45, 2.75) is 13.0 Å². The van der Waals surface area contributed by atoms with E-state index in [4.69, 9.17) is 5.11 Å². The van der Waals surface area contributed by atoms with Gasteiger partial charge in [-0.25, -0.2) is 4.98 Å². The van der Waals surface area contributed by atoms with E-state index in [1.54, 1.807) is 0 Å². The molecule has 1 aromatic rings. The molecule has 0 amide bonds. The Kier molecular flexibility index (Phi) is 3.28. The van der Waals surface area contributed by atoms with E-state index in [1.165, 1.54) is 12.3 Å². The van der Waals surface area contributed by atoms with Crippen LogP contribution in [0.2, 0.25) is 0 Å². The van der Waals surface area contributed by atoms with Crippen molar-refractivity contribution in [2.75, 3.05) is 19.7 Å². The Labute approximate surface area is 88.6 Å². The fourth-order valence-electron chi connectivity index (χ4n) is 2.00. The first kappa shape index (κ1) is 10.5. The van der Waals surface area contributed by atoms with Gasteiger partial charge in [0.25, 0.3) is 0 Å². The minimum absolute atomic E-state index is 0.251. The SMILES string of the molecule is OCC1CCN(Cc2ccnc(F)c2)C1. The predicted octanol–water partition coefficient (Wildman–Crippen LogP) is 1.03. The highest BCUT2D eigenvalue weighted by atomic mass is 19.1. The maximum atomic E-state index is 12.8. The zero-order chi connectivity index (χ0) is 10.7. The molecule has 1 aromatic heterocycles. The Balaban J connectivity index is 1.92. The molecule has 3 nitrogen and oxygen atoms in total. The van der Waals surface area contributed by atoms with Crippen LogP contribution in [0.3, 0.4) is 0 Å². The molecule has 82 valence electrons. The van der Waals surface area contributed by atoms with E-state index in [-0.39, 0.29) is 6.61 Å². The maximum Gasteiger partial charge on any atom is 0.213 e. The summed E-state index contributed by atoms with van der Waals surface area (Å²) in [4.78, 5) is 5.75. The lowest BCUT2D eigenvalue weighted by Crippen LogP contribution is -2.21. The Morgan fingerprint density at radius 3 is 3.13 bits per heavy atom. The molecule has 0 radical (unpaired) electrons. The highest BCUT2D eigenvalue weighted by Gasteiger charge is 2.21. The minimum Gasteiger partial charge on any atom is -0.396 e. The molecule has 1 atom stereocenters. The fraction of sp³-hybridized carbons (Fsp3) is 0.545. The van der Waals surface area contributed by atoms with E-state index in [9.17, 15) is 4.39 Å². The lowest BCUT2D eigenvalue weighted by molar-refractivity contribution is 0.220. The normalized spacial score (nSPS) is 22.1. The molecule has 0 saturated carbocycles. The molecule has 15 heavy (non-hydrogen) atoms. The second kappa shape index (κ2) is 4.68. The fourth-order valence-corrected chi connectivity index (χ4v) is 2.00. The van der Waals surface area contributed by atoms with Crippen molar-refractivity contribution in [2.24, 2.45) is 5.92 Å². The second-order valence-corrected chi connectivity index (χ2v) is 4.06.